The number of nitrogens with two attached hydrogens (primary N) is 1. The quantitative estimate of drug-likeness (QED) is 0.714. The van der Waals surface area contributed by atoms with Crippen LogP contribution in [0.1, 0.15) is 29.9 Å². The Labute approximate surface area is 141 Å². The van der Waals surface area contributed by atoms with Gasteiger partial charge in [-0.05, 0) is 44.0 Å². The van der Waals surface area contributed by atoms with E-state index in [1.807, 2.05) is 56.4 Å². The summed E-state index contributed by atoms with van der Waals surface area (Å²) < 4.78 is 5.29. The maximum absolute atomic E-state index is 12.0. The van der Waals surface area contributed by atoms with E-state index in [1.165, 1.54) is 0 Å². The van der Waals surface area contributed by atoms with Gasteiger partial charge in [-0.3, -0.25) is 9.59 Å². The number of quaternary nitrogens is 1. The number of hydrogen-bond donors (Lipinski definition) is 3. The molecule has 128 valence electrons. The fraction of sp³-hybridized carbons (Fsp3) is 0.333. The van der Waals surface area contributed by atoms with Crippen LogP contribution in [-0.4, -0.2) is 24.9 Å². The molecule has 0 aliphatic carbocycles. The van der Waals surface area contributed by atoms with Gasteiger partial charge < -0.3 is 20.4 Å². The molecular weight excluding hydrogens is 306 g/mol. The van der Waals surface area contributed by atoms with E-state index < -0.39 is 0 Å². The van der Waals surface area contributed by atoms with Crippen LogP contribution in [-0.2, 0) is 9.59 Å². The Hall–Kier alpha value is -2.60. The third-order valence-corrected chi connectivity index (χ3v) is 3.84. The zero-order valence-electron chi connectivity index (χ0n) is 14.3. The summed E-state index contributed by atoms with van der Waals surface area (Å²) in [6.07, 6.45) is 1.61. The predicted octanol–water partition coefficient (Wildman–Crippen LogP) is 1.28. The van der Waals surface area contributed by atoms with Crippen LogP contribution in [0.25, 0.3) is 0 Å². The molecule has 2 aromatic rings. The van der Waals surface area contributed by atoms with Crippen LogP contribution < -0.4 is 16.0 Å². The molecule has 0 saturated carbocycles. The number of benzene rings is 1. The standard InChI is InChI=1S/C18H23N3O3/c1-12-6-4-7-13(2)18(12)21-17(23)11-20-16(22)10-19-14(3)15-8-5-9-24-15/h4-9,14,19H,10-11H2,1-3H3,(H,20,22)(H,21,23)/p+1/t14-/m1/s1. The average molecular weight is 330 g/mol. The van der Waals surface area contributed by atoms with Crippen molar-refractivity contribution in [2.75, 3.05) is 18.4 Å². The van der Waals surface area contributed by atoms with E-state index in [-0.39, 0.29) is 30.9 Å². The van der Waals surface area contributed by atoms with Crippen molar-refractivity contribution in [2.45, 2.75) is 26.8 Å². The number of aryl methyl sites for hydroxylation is 2. The van der Waals surface area contributed by atoms with Crippen molar-refractivity contribution >= 4 is 17.5 Å². The van der Waals surface area contributed by atoms with Crippen LogP contribution in [0.2, 0.25) is 0 Å². The van der Waals surface area contributed by atoms with E-state index >= 15 is 0 Å². The molecule has 6 nitrogen and oxygen atoms in total. The van der Waals surface area contributed by atoms with Gasteiger partial charge in [-0.1, -0.05) is 18.2 Å². The second-order valence-electron chi connectivity index (χ2n) is 5.84. The lowest BCUT2D eigenvalue weighted by molar-refractivity contribution is -0.684. The van der Waals surface area contributed by atoms with Crippen LogP contribution in [0.15, 0.2) is 41.0 Å². The lowest BCUT2D eigenvalue weighted by Crippen LogP contribution is -2.87. The molecule has 0 radical (unpaired) electrons. The van der Waals surface area contributed by atoms with Crippen LogP contribution in [0, 0.1) is 13.8 Å². The Morgan fingerprint density at radius 1 is 1.12 bits per heavy atom. The smallest absolute Gasteiger partial charge is 0.275 e. The average Bonchev–Trinajstić information content (AvgIpc) is 3.09. The molecule has 0 unspecified atom stereocenters. The molecule has 1 aromatic heterocycles. The summed E-state index contributed by atoms with van der Waals surface area (Å²) in [5.41, 5.74) is 2.79. The maximum Gasteiger partial charge on any atom is 0.275 e. The normalized spacial score (nSPS) is 11.8. The topological polar surface area (TPSA) is 88.0 Å². The first-order valence-electron chi connectivity index (χ1n) is 7.97. The first-order chi connectivity index (χ1) is 11.5. The Morgan fingerprint density at radius 3 is 2.46 bits per heavy atom. The monoisotopic (exact) mass is 330 g/mol. The largest absolute Gasteiger partial charge is 0.463 e. The van der Waals surface area contributed by atoms with Crippen molar-refractivity contribution in [1.29, 1.82) is 0 Å². The number of para-hydroxylation sites is 1. The molecule has 0 saturated heterocycles. The molecule has 1 atom stereocenters. The van der Waals surface area contributed by atoms with E-state index in [9.17, 15) is 9.59 Å². The van der Waals surface area contributed by atoms with E-state index in [0.29, 0.717) is 0 Å². The Morgan fingerprint density at radius 2 is 1.83 bits per heavy atom. The summed E-state index contributed by atoms with van der Waals surface area (Å²) >= 11 is 0. The van der Waals surface area contributed by atoms with Gasteiger partial charge >= 0.3 is 0 Å². The number of carbonyl (C=O) groups excluding carboxylic acids is 2. The minimum Gasteiger partial charge on any atom is -0.463 e. The number of anilines is 1. The summed E-state index contributed by atoms with van der Waals surface area (Å²) in [6, 6.07) is 9.56. The maximum atomic E-state index is 12.0. The highest BCUT2D eigenvalue weighted by Gasteiger charge is 2.14. The molecule has 0 bridgehead atoms. The number of carbonyl (C=O) groups is 2. The highest BCUT2D eigenvalue weighted by molar-refractivity contribution is 5.95. The van der Waals surface area contributed by atoms with E-state index in [0.717, 1.165) is 22.6 Å². The van der Waals surface area contributed by atoms with Gasteiger partial charge in [0, 0.05) is 5.69 Å². The number of nitrogens with one attached hydrogen (secondary N) is 2. The van der Waals surface area contributed by atoms with Crippen molar-refractivity contribution in [3.8, 4) is 0 Å². The van der Waals surface area contributed by atoms with Crippen molar-refractivity contribution in [3.63, 3.8) is 0 Å². The zero-order valence-corrected chi connectivity index (χ0v) is 14.3. The van der Waals surface area contributed by atoms with Crippen LogP contribution in [0.4, 0.5) is 5.69 Å². The van der Waals surface area contributed by atoms with Crippen LogP contribution >= 0.6 is 0 Å². The third kappa shape index (κ3) is 4.96. The molecule has 0 aliphatic heterocycles. The third-order valence-electron chi connectivity index (χ3n) is 3.84. The lowest BCUT2D eigenvalue weighted by Gasteiger charge is -2.12. The summed E-state index contributed by atoms with van der Waals surface area (Å²) in [5, 5.41) is 7.33. The molecule has 0 fully saturated rings. The summed E-state index contributed by atoms with van der Waals surface area (Å²) in [6.45, 7) is 6.02. The van der Waals surface area contributed by atoms with Crippen LogP contribution in [0.5, 0.6) is 0 Å². The van der Waals surface area contributed by atoms with Crippen molar-refractivity contribution < 1.29 is 19.3 Å². The predicted molar refractivity (Wildman–Crippen MR) is 91.5 cm³/mol. The zero-order chi connectivity index (χ0) is 17.5. The molecule has 1 aromatic carbocycles. The highest BCUT2D eigenvalue weighted by atomic mass is 16.3. The van der Waals surface area contributed by atoms with Gasteiger partial charge in [0.2, 0.25) is 5.91 Å². The fourth-order valence-corrected chi connectivity index (χ4v) is 2.40. The van der Waals surface area contributed by atoms with Gasteiger partial charge in [-0.15, -0.1) is 0 Å². The van der Waals surface area contributed by atoms with Gasteiger partial charge in [0.1, 0.15) is 6.04 Å². The molecule has 6 heteroatoms. The highest BCUT2D eigenvalue weighted by Crippen LogP contribution is 2.18. The second kappa shape index (κ2) is 8.31. The Balaban J connectivity index is 1.74. The number of furan rings is 1. The van der Waals surface area contributed by atoms with Crippen molar-refractivity contribution in [1.82, 2.24) is 5.32 Å². The first kappa shape index (κ1) is 17.7. The van der Waals surface area contributed by atoms with E-state index in [2.05, 4.69) is 10.6 Å². The van der Waals surface area contributed by atoms with Gasteiger partial charge in [0.05, 0.1) is 12.8 Å². The summed E-state index contributed by atoms with van der Waals surface area (Å²) in [7, 11) is 0. The molecular formula is C18H24N3O3+. The van der Waals surface area contributed by atoms with Crippen molar-refractivity contribution in [3.05, 3.63) is 53.5 Å². The minimum absolute atomic E-state index is 0.0461. The summed E-state index contributed by atoms with van der Waals surface area (Å²) in [4.78, 5) is 23.9. The lowest BCUT2D eigenvalue weighted by atomic mass is 10.1. The minimum atomic E-state index is -0.236. The molecule has 0 spiro atoms. The number of rotatable bonds is 7. The number of hydrogen-bond acceptors (Lipinski definition) is 3. The van der Waals surface area contributed by atoms with Crippen LogP contribution in [0.3, 0.4) is 0 Å². The molecule has 2 rings (SSSR count). The Bertz CT molecular complexity index is 675. The van der Waals surface area contributed by atoms with Gasteiger partial charge in [0.25, 0.3) is 5.91 Å². The SMILES string of the molecule is Cc1cccc(C)c1NC(=O)CNC(=O)C[NH2+][C@H](C)c1ccco1. The molecule has 24 heavy (non-hydrogen) atoms. The Kier molecular flexibility index (Phi) is 6.14. The number of amides is 2. The van der Waals surface area contributed by atoms with Gasteiger partial charge in [-0.25, -0.2) is 0 Å². The molecule has 4 N–H and O–H groups in total. The molecule has 1 heterocycles. The van der Waals surface area contributed by atoms with Gasteiger partial charge in [-0.2, -0.15) is 0 Å². The van der Waals surface area contributed by atoms with E-state index in [1.54, 1.807) is 6.26 Å². The fourth-order valence-electron chi connectivity index (χ4n) is 2.40. The van der Waals surface area contributed by atoms with Gasteiger partial charge in [0.15, 0.2) is 12.3 Å². The van der Waals surface area contributed by atoms with Crippen molar-refractivity contribution in [2.24, 2.45) is 0 Å². The second-order valence-corrected chi connectivity index (χ2v) is 5.84. The molecule has 2 amide bonds. The van der Waals surface area contributed by atoms with E-state index in [4.69, 9.17) is 4.42 Å². The first-order valence-corrected chi connectivity index (χ1v) is 7.97. The molecule has 0 aliphatic rings. The summed E-state index contributed by atoms with van der Waals surface area (Å²) in [5.74, 6) is 0.389.